The summed E-state index contributed by atoms with van der Waals surface area (Å²) in [6.07, 6.45) is 3.40. The summed E-state index contributed by atoms with van der Waals surface area (Å²) in [5, 5.41) is 3.77. The van der Waals surface area contributed by atoms with E-state index in [9.17, 15) is 9.59 Å². The average molecular weight is 408 g/mol. The summed E-state index contributed by atoms with van der Waals surface area (Å²) in [7, 11) is 1.57. The summed E-state index contributed by atoms with van der Waals surface area (Å²) < 4.78 is 10.0. The van der Waals surface area contributed by atoms with Crippen LogP contribution in [0.5, 0.6) is 5.75 Å². The molecule has 7 heteroatoms. The maximum Gasteiger partial charge on any atom is 0.331 e. The number of carbonyl (C=O) groups is 2. The van der Waals surface area contributed by atoms with Crippen LogP contribution in [0, 0.1) is 0 Å². The second kappa shape index (κ2) is 10.6. The van der Waals surface area contributed by atoms with E-state index < -0.39 is 5.97 Å². The molecule has 0 aliphatic rings. The SMILES string of the molecule is COc1cccc(/C=C/C(=O)OCC(=O)NCCc2ccc(Cl)cc2Cl)c1. The van der Waals surface area contributed by atoms with Gasteiger partial charge in [0, 0.05) is 22.7 Å². The van der Waals surface area contributed by atoms with Crippen molar-refractivity contribution in [3.8, 4) is 5.75 Å². The predicted molar refractivity (Wildman–Crippen MR) is 106 cm³/mol. The molecule has 2 rings (SSSR count). The Bertz CT molecular complexity index is 836. The van der Waals surface area contributed by atoms with E-state index in [1.807, 2.05) is 12.1 Å². The second-order valence-electron chi connectivity index (χ2n) is 5.55. The van der Waals surface area contributed by atoms with Gasteiger partial charge in [0.1, 0.15) is 5.75 Å². The first kappa shape index (κ1) is 20.8. The van der Waals surface area contributed by atoms with Crippen molar-refractivity contribution in [1.82, 2.24) is 5.32 Å². The number of carbonyl (C=O) groups excluding carboxylic acids is 2. The lowest BCUT2D eigenvalue weighted by molar-refractivity contribution is -0.143. The highest BCUT2D eigenvalue weighted by Crippen LogP contribution is 2.21. The van der Waals surface area contributed by atoms with Crippen molar-refractivity contribution in [2.75, 3.05) is 20.3 Å². The summed E-state index contributed by atoms with van der Waals surface area (Å²) in [4.78, 5) is 23.4. The van der Waals surface area contributed by atoms with Crippen LogP contribution in [-0.4, -0.2) is 32.1 Å². The number of benzene rings is 2. The van der Waals surface area contributed by atoms with Gasteiger partial charge in [-0.3, -0.25) is 4.79 Å². The summed E-state index contributed by atoms with van der Waals surface area (Å²) in [6.45, 7) is 0.0209. The van der Waals surface area contributed by atoms with Gasteiger partial charge in [0.25, 0.3) is 5.91 Å². The smallest absolute Gasteiger partial charge is 0.331 e. The number of esters is 1. The molecule has 1 N–H and O–H groups in total. The summed E-state index contributed by atoms with van der Waals surface area (Å²) in [6, 6.07) is 12.4. The third-order valence-electron chi connectivity index (χ3n) is 3.58. The highest BCUT2D eigenvalue weighted by atomic mass is 35.5. The number of rotatable bonds is 8. The second-order valence-corrected chi connectivity index (χ2v) is 6.40. The molecule has 0 aliphatic carbocycles. The molecular weight excluding hydrogens is 389 g/mol. The molecule has 0 unspecified atom stereocenters. The number of ether oxygens (including phenoxy) is 2. The third kappa shape index (κ3) is 7.33. The van der Waals surface area contributed by atoms with Crippen LogP contribution < -0.4 is 10.1 Å². The highest BCUT2D eigenvalue weighted by molar-refractivity contribution is 6.35. The Morgan fingerprint density at radius 3 is 2.70 bits per heavy atom. The zero-order valence-corrected chi connectivity index (χ0v) is 16.2. The normalized spacial score (nSPS) is 10.6. The van der Waals surface area contributed by atoms with E-state index in [-0.39, 0.29) is 12.5 Å². The first-order chi connectivity index (χ1) is 13.0. The summed E-state index contributed by atoms with van der Waals surface area (Å²) in [5.41, 5.74) is 1.66. The zero-order chi connectivity index (χ0) is 19.6. The van der Waals surface area contributed by atoms with Gasteiger partial charge >= 0.3 is 5.97 Å². The molecule has 0 radical (unpaired) electrons. The van der Waals surface area contributed by atoms with E-state index in [2.05, 4.69) is 5.32 Å². The lowest BCUT2D eigenvalue weighted by Gasteiger charge is -2.07. The van der Waals surface area contributed by atoms with Crippen molar-refractivity contribution < 1.29 is 19.1 Å². The predicted octanol–water partition coefficient (Wildman–Crippen LogP) is 3.92. The molecular formula is C20H19Cl2NO4. The molecule has 0 fully saturated rings. The largest absolute Gasteiger partial charge is 0.497 e. The molecule has 0 atom stereocenters. The molecule has 0 saturated heterocycles. The van der Waals surface area contributed by atoms with E-state index in [1.165, 1.54) is 6.08 Å². The van der Waals surface area contributed by atoms with Crippen LogP contribution in [0.15, 0.2) is 48.5 Å². The van der Waals surface area contributed by atoms with Gasteiger partial charge in [-0.05, 0) is 47.9 Å². The van der Waals surface area contributed by atoms with Crippen molar-refractivity contribution in [1.29, 1.82) is 0 Å². The molecule has 2 aromatic rings. The zero-order valence-electron chi connectivity index (χ0n) is 14.7. The topological polar surface area (TPSA) is 64.6 Å². The average Bonchev–Trinajstić information content (AvgIpc) is 2.66. The van der Waals surface area contributed by atoms with Gasteiger partial charge < -0.3 is 14.8 Å². The molecule has 0 aromatic heterocycles. The van der Waals surface area contributed by atoms with Crippen LogP contribution in [-0.2, 0) is 20.7 Å². The van der Waals surface area contributed by atoms with Crippen molar-refractivity contribution in [3.63, 3.8) is 0 Å². The van der Waals surface area contributed by atoms with Gasteiger partial charge in [-0.15, -0.1) is 0 Å². The van der Waals surface area contributed by atoms with Crippen LogP contribution in [0.2, 0.25) is 10.0 Å². The van der Waals surface area contributed by atoms with Crippen LogP contribution in [0.4, 0.5) is 0 Å². The maximum absolute atomic E-state index is 11.8. The molecule has 2 aromatic carbocycles. The van der Waals surface area contributed by atoms with Gasteiger partial charge in [-0.2, -0.15) is 0 Å². The van der Waals surface area contributed by atoms with Crippen molar-refractivity contribution >= 4 is 41.2 Å². The maximum atomic E-state index is 11.8. The van der Waals surface area contributed by atoms with E-state index in [4.69, 9.17) is 32.7 Å². The number of methoxy groups -OCH3 is 1. The van der Waals surface area contributed by atoms with E-state index in [0.717, 1.165) is 11.1 Å². The Morgan fingerprint density at radius 2 is 1.96 bits per heavy atom. The highest BCUT2D eigenvalue weighted by Gasteiger charge is 2.06. The van der Waals surface area contributed by atoms with Crippen molar-refractivity contribution in [2.45, 2.75) is 6.42 Å². The monoisotopic (exact) mass is 407 g/mol. The third-order valence-corrected chi connectivity index (χ3v) is 4.17. The van der Waals surface area contributed by atoms with Crippen LogP contribution in [0.1, 0.15) is 11.1 Å². The number of amides is 1. The Labute approximate surface area is 167 Å². The molecule has 0 spiro atoms. The van der Waals surface area contributed by atoms with Crippen molar-refractivity contribution in [3.05, 3.63) is 69.7 Å². The molecule has 27 heavy (non-hydrogen) atoms. The molecule has 0 heterocycles. The number of halogens is 2. The lowest BCUT2D eigenvalue weighted by atomic mass is 10.1. The van der Waals surface area contributed by atoms with Gasteiger partial charge in [0.15, 0.2) is 6.61 Å². The number of hydrogen-bond acceptors (Lipinski definition) is 4. The fraction of sp³-hybridized carbons (Fsp3) is 0.200. The first-order valence-corrected chi connectivity index (χ1v) is 8.93. The quantitative estimate of drug-likeness (QED) is 0.531. The van der Waals surface area contributed by atoms with E-state index in [0.29, 0.717) is 28.8 Å². The standard InChI is InChI=1S/C20H19Cl2NO4/c1-26-17-4-2-3-14(11-17)5-8-20(25)27-13-19(24)23-10-9-15-6-7-16(21)12-18(15)22/h2-8,11-12H,9-10,13H2,1H3,(H,23,24)/b8-5+. The Balaban J connectivity index is 1.71. The van der Waals surface area contributed by atoms with Crippen LogP contribution in [0.25, 0.3) is 6.08 Å². The summed E-state index contributed by atoms with van der Waals surface area (Å²) >= 11 is 11.9. The van der Waals surface area contributed by atoms with Gasteiger partial charge in [0.05, 0.1) is 7.11 Å². The van der Waals surface area contributed by atoms with Crippen LogP contribution >= 0.6 is 23.2 Å². The molecule has 142 valence electrons. The fourth-order valence-corrected chi connectivity index (χ4v) is 2.71. The molecule has 5 nitrogen and oxygen atoms in total. The van der Waals surface area contributed by atoms with Crippen LogP contribution in [0.3, 0.4) is 0 Å². The summed E-state index contributed by atoms with van der Waals surface area (Å²) in [5.74, 6) is -0.303. The lowest BCUT2D eigenvalue weighted by Crippen LogP contribution is -2.30. The Kier molecular flexibility index (Phi) is 8.17. The van der Waals surface area contributed by atoms with E-state index >= 15 is 0 Å². The first-order valence-electron chi connectivity index (χ1n) is 8.17. The minimum Gasteiger partial charge on any atom is -0.497 e. The number of hydrogen-bond donors (Lipinski definition) is 1. The minimum absolute atomic E-state index is 0.352. The molecule has 0 aliphatic heterocycles. The fourth-order valence-electron chi connectivity index (χ4n) is 2.21. The van der Waals surface area contributed by atoms with Gasteiger partial charge in [-0.1, -0.05) is 41.4 Å². The number of nitrogens with one attached hydrogen (secondary N) is 1. The van der Waals surface area contributed by atoms with Gasteiger partial charge in [0.2, 0.25) is 0 Å². The molecule has 0 bridgehead atoms. The Morgan fingerprint density at radius 1 is 1.15 bits per heavy atom. The minimum atomic E-state index is -0.603. The molecule has 1 amide bonds. The molecule has 0 saturated carbocycles. The van der Waals surface area contributed by atoms with Crippen molar-refractivity contribution in [2.24, 2.45) is 0 Å². The van der Waals surface area contributed by atoms with E-state index in [1.54, 1.807) is 43.5 Å². The Hall–Kier alpha value is -2.50. The van der Waals surface area contributed by atoms with Gasteiger partial charge in [-0.25, -0.2) is 4.79 Å².